The maximum Gasteiger partial charge on any atom is 0.257 e. The standard InChI is InChI=1S/C24H26N4O2.ClH/c1-26-13-19-14-27(16-20(19)23(26)17-8-4-3-5-9-17)24(29)18-12-25-28(15-18)21-10-6-7-11-22(21)30-2;/h3-12,15,19-20,23H,13-14,16H2,1-2H3;1H/t19-,20+,23-;/m0./s1. The van der Waals surface area contributed by atoms with Gasteiger partial charge in [-0.05, 0) is 30.7 Å². The molecule has 0 unspecified atom stereocenters. The van der Waals surface area contributed by atoms with Crippen LogP contribution in [0.15, 0.2) is 67.0 Å². The number of rotatable bonds is 4. The zero-order valence-corrected chi connectivity index (χ0v) is 18.5. The Labute approximate surface area is 188 Å². The monoisotopic (exact) mass is 438 g/mol. The Hall–Kier alpha value is -2.83. The van der Waals surface area contributed by atoms with Gasteiger partial charge in [0.2, 0.25) is 0 Å². The Morgan fingerprint density at radius 3 is 2.55 bits per heavy atom. The number of carbonyl (C=O) groups excluding carboxylic acids is 1. The average Bonchev–Trinajstić information content (AvgIpc) is 3.48. The van der Waals surface area contributed by atoms with E-state index in [1.54, 1.807) is 24.2 Å². The summed E-state index contributed by atoms with van der Waals surface area (Å²) < 4.78 is 7.13. The molecule has 0 radical (unpaired) electrons. The maximum absolute atomic E-state index is 13.2. The van der Waals surface area contributed by atoms with Gasteiger partial charge in [-0.15, -0.1) is 12.4 Å². The van der Waals surface area contributed by atoms with Crippen LogP contribution in [0.5, 0.6) is 5.75 Å². The highest BCUT2D eigenvalue weighted by atomic mass is 35.5. The third-order valence-electron chi connectivity index (χ3n) is 6.48. The summed E-state index contributed by atoms with van der Waals surface area (Å²) >= 11 is 0. The zero-order chi connectivity index (χ0) is 20.7. The Morgan fingerprint density at radius 2 is 1.77 bits per heavy atom. The van der Waals surface area contributed by atoms with Crippen LogP contribution < -0.4 is 4.74 Å². The number of ether oxygens (including phenoxy) is 1. The van der Waals surface area contributed by atoms with E-state index >= 15 is 0 Å². The van der Waals surface area contributed by atoms with E-state index in [0.29, 0.717) is 23.4 Å². The molecule has 162 valence electrons. The number of methoxy groups -OCH3 is 1. The molecule has 2 aromatic carbocycles. The number of fused-ring (bicyclic) bond motifs is 1. The highest BCUT2D eigenvalue weighted by Crippen LogP contribution is 2.44. The van der Waals surface area contributed by atoms with Crippen molar-refractivity contribution in [1.82, 2.24) is 19.6 Å². The molecule has 5 rings (SSSR count). The van der Waals surface area contributed by atoms with Crippen molar-refractivity contribution < 1.29 is 9.53 Å². The minimum absolute atomic E-state index is 0. The molecular formula is C24H27ClN4O2. The maximum atomic E-state index is 13.2. The predicted octanol–water partition coefficient (Wildman–Crippen LogP) is 3.68. The Kier molecular flexibility index (Phi) is 6.03. The normalized spacial score (nSPS) is 22.8. The summed E-state index contributed by atoms with van der Waals surface area (Å²) in [4.78, 5) is 17.7. The molecule has 0 spiro atoms. The molecule has 3 heterocycles. The van der Waals surface area contributed by atoms with Gasteiger partial charge in [-0.3, -0.25) is 9.69 Å². The van der Waals surface area contributed by atoms with E-state index in [2.05, 4.69) is 47.4 Å². The zero-order valence-electron chi connectivity index (χ0n) is 17.7. The molecule has 0 bridgehead atoms. The molecule has 7 heteroatoms. The molecule has 6 nitrogen and oxygen atoms in total. The summed E-state index contributed by atoms with van der Waals surface area (Å²) in [5, 5.41) is 4.42. The van der Waals surface area contributed by atoms with Crippen LogP contribution in [0.3, 0.4) is 0 Å². The molecule has 31 heavy (non-hydrogen) atoms. The third-order valence-corrected chi connectivity index (χ3v) is 6.48. The predicted molar refractivity (Wildman–Crippen MR) is 122 cm³/mol. The largest absolute Gasteiger partial charge is 0.494 e. The van der Waals surface area contributed by atoms with Gasteiger partial charge in [-0.2, -0.15) is 5.10 Å². The van der Waals surface area contributed by atoms with E-state index in [4.69, 9.17) is 4.74 Å². The van der Waals surface area contributed by atoms with Gasteiger partial charge >= 0.3 is 0 Å². The number of para-hydroxylation sites is 2. The van der Waals surface area contributed by atoms with Crippen LogP contribution in [0.25, 0.3) is 5.69 Å². The fraction of sp³-hybridized carbons (Fsp3) is 0.333. The number of amides is 1. The minimum Gasteiger partial charge on any atom is -0.494 e. The molecule has 2 aliphatic heterocycles. The van der Waals surface area contributed by atoms with Crippen molar-refractivity contribution in [3.8, 4) is 11.4 Å². The van der Waals surface area contributed by atoms with Crippen molar-refractivity contribution in [3.05, 3.63) is 78.1 Å². The molecule has 0 saturated carbocycles. The number of hydrogen-bond acceptors (Lipinski definition) is 4. The van der Waals surface area contributed by atoms with E-state index in [9.17, 15) is 4.79 Å². The summed E-state index contributed by atoms with van der Waals surface area (Å²) in [5.41, 5.74) is 2.78. The molecule has 0 N–H and O–H groups in total. The number of benzene rings is 2. The number of nitrogens with zero attached hydrogens (tertiary/aromatic N) is 4. The summed E-state index contributed by atoms with van der Waals surface area (Å²) in [7, 11) is 3.83. The van der Waals surface area contributed by atoms with Crippen LogP contribution in [-0.4, -0.2) is 59.3 Å². The number of carbonyl (C=O) groups is 1. The van der Waals surface area contributed by atoms with Gasteiger partial charge in [0, 0.05) is 37.8 Å². The topological polar surface area (TPSA) is 50.6 Å². The molecule has 2 aliphatic rings. The molecule has 2 saturated heterocycles. The van der Waals surface area contributed by atoms with Gasteiger partial charge in [0.25, 0.3) is 5.91 Å². The Balaban J connectivity index is 0.00000231. The van der Waals surface area contributed by atoms with E-state index < -0.39 is 0 Å². The van der Waals surface area contributed by atoms with Crippen molar-refractivity contribution in [2.75, 3.05) is 33.8 Å². The van der Waals surface area contributed by atoms with Crippen molar-refractivity contribution in [1.29, 1.82) is 0 Å². The van der Waals surface area contributed by atoms with E-state index in [1.807, 2.05) is 29.2 Å². The lowest BCUT2D eigenvalue weighted by Crippen LogP contribution is -2.33. The fourth-order valence-corrected chi connectivity index (χ4v) is 5.14. The van der Waals surface area contributed by atoms with Crippen LogP contribution in [0.2, 0.25) is 0 Å². The third kappa shape index (κ3) is 3.82. The Bertz CT molecular complexity index is 1050. The van der Waals surface area contributed by atoms with Gasteiger partial charge in [-0.1, -0.05) is 42.5 Å². The summed E-state index contributed by atoms with van der Waals surface area (Å²) in [5.74, 6) is 1.75. The van der Waals surface area contributed by atoms with E-state index in [-0.39, 0.29) is 18.3 Å². The lowest BCUT2D eigenvalue weighted by Gasteiger charge is -2.26. The van der Waals surface area contributed by atoms with Gasteiger partial charge in [0.15, 0.2) is 0 Å². The highest BCUT2D eigenvalue weighted by molar-refractivity contribution is 5.94. The van der Waals surface area contributed by atoms with E-state index in [0.717, 1.165) is 31.1 Å². The van der Waals surface area contributed by atoms with Crippen molar-refractivity contribution >= 4 is 18.3 Å². The fourth-order valence-electron chi connectivity index (χ4n) is 5.14. The van der Waals surface area contributed by atoms with Gasteiger partial charge in [0.05, 0.1) is 18.9 Å². The summed E-state index contributed by atoms with van der Waals surface area (Å²) in [6.07, 6.45) is 3.46. The van der Waals surface area contributed by atoms with Crippen molar-refractivity contribution in [2.45, 2.75) is 6.04 Å². The SMILES string of the molecule is COc1ccccc1-n1cc(C(=O)N2C[C@@H]3CN(C)[C@@H](c4ccccc4)[C@@H]3C2)cn1.Cl. The highest BCUT2D eigenvalue weighted by Gasteiger charge is 2.47. The quantitative estimate of drug-likeness (QED) is 0.623. The van der Waals surface area contributed by atoms with Gasteiger partial charge in [0.1, 0.15) is 11.4 Å². The van der Waals surface area contributed by atoms with Gasteiger partial charge in [-0.25, -0.2) is 4.68 Å². The lowest BCUT2D eigenvalue weighted by atomic mass is 9.90. The molecule has 3 aromatic rings. The average molecular weight is 439 g/mol. The summed E-state index contributed by atoms with van der Waals surface area (Å²) in [6.45, 7) is 2.61. The van der Waals surface area contributed by atoms with Crippen LogP contribution in [0, 0.1) is 11.8 Å². The van der Waals surface area contributed by atoms with Crippen LogP contribution >= 0.6 is 12.4 Å². The second-order valence-electron chi connectivity index (χ2n) is 8.27. The second-order valence-corrected chi connectivity index (χ2v) is 8.27. The first-order valence-electron chi connectivity index (χ1n) is 10.4. The molecular weight excluding hydrogens is 412 g/mol. The first-order valence-corrected chi connectivity index (χ1v) is 10.4. The first kappa shape index (κ1) is 21.4. The minimum atomic E-state index is 0. The molecule has 1 amide bonds. The number of hydrogen-bond donors (Lipinski definition) is 0. The second kappa shape index (κ2) is 8.73. The Morgan fingerprint density at radius 1 is 1.03 bits per heavy atom. The van der Waals surface area contributed by atoms with Crippen LogP contribution in [-0.2, 0) is 0 Å². The van der Waals surface area contributed by atoms with Crippen LogP contribution in [0.4, 0.5) is 0 Å². The number of aromatic nitrogens is 2. The van der Waals surface area contributed by atoms with Crippen LogP contribution in [0.1, 0.15) is 22.0 Å². The lowest BCUT2D eigenvalue weighted by molar-refractivity contribution is 0.0768. The number of likely N-dealkylation sites (tertiary alicyclic amines) is 2. The first-order chi connectivity index (χ1) is 14.7. The molecule has 2 fully saturated rings. The van der Waals surface area contributed by atoms with Gasteiger partial charge < -0.3 is 9.64 Å². The molecule has 1 aromatic heterocycles. The molecule has 3 atom stereocenters. The summed E-state index contributed by atoms with van der Waals surface area (Å²) in [6, 6.07) is 18.7. The number of halogens is 1. The van der Waals surface area contributed by atoms with E-state index in [1.165, 1.54) is 5.56 Å². The molecule has 0 aliphatic carbocycles. The van der Waals surface area contributed by atoms with Crippen molar-refractivity contribution in [2.24, 2.45) is 11.8 Å². The van der Waals surface area contributed by atoms with Crippen molar-refractivity contribution in [3.63, 3.8) is 0 Å². The smallest absolute Gasteiger partial charge is 0.257 e.